The quantitative estimate of drug-likeness (QED) is 0.819. The Hall–Kier alpha value is -0.580. The van der Waals surface area contributed by atoms with Gasteiger partial charge in [-0.25, -0.2) is 0 Å². The van der Waals surface area contributed by atoms with Gasteiger partial charge in [0.15, 0.2) is 0 Å². The molecule has 0 bridgehead atoms. The Kier molecular flexibility index (Phi) is 5.67. The van der Waals surface area contributed by atoms with Crippen LogP contribution in [-0.4, -0.2) is 26.4 Å². The zero-order chi connectivity index (χ0) is 13.7. The van der Waals surface area contributed by atoms with Crippen molar-refractivity contribution < 1.29 is 14.2 Å². The first kappa shape index (κ1) is 14.8. The van der Waals surface area contributed by atoms with E-state index in [4.69, 9.17) is 14.2 Å². The van der Waals surface area contributed by atoms with Crippen molar-refractivity contribution in [3.8, 4) is 5.75 Å². The first-order valence-electron chi connectivity index (χ1n) is 6.69. The van der Waals surface area contributed by atoms with Crippen molar-refractivity contribution in [2.75, 3.05) is 14.2 Å². The van der Waals surface area contributed by atoms with Crippen molar-refractivity contribution in [2.24, 2.45) is 0 Å². The molecule has 1 aromatic carbocycles. The number of benzene rings is 1. The van der Waals surface area contributed by atoms with E-state index >= 15 is 0 Å². The van der Waals surface area contributed by atoms with E-state index in [0.717, 1.165) is 35.0 Å². The highest BCUT2D eigenvalue weighted by atomic mass is 79.9. The number of hydrogen-bond acceptors (Lipinski definition) is 3. The molecule has 3 nitrogen and oxygen atoms in total. The van der Waals surface area contributed by atoms with Crippen LogP contribution in [0.15, 0.2) is 22.7 Å². The van der Waals surface area contributed by atoms with Crippen molar-refractivity contribution in [2.45, 2.75) is 44.5 Å². The van der Waals surface area contributed by atoms with E-state index in [1.165, 1.54) is 6.42 Å². The molecule has 2 atom stereocenters. The maximum atomic E-state index is 6.02. The molecule has 0 spiro atoms. The molecule has 4 heteroatoms. The summed E-state index contributed by atoms with van der Waals surface area (Å²) in [6.45, 7) is 0.587. The molecule has 19 heavy (non-hydrogen) atoms. The van der Waals surface area contributed by atoms with Crippen LogP contribution >= 0.6 is 15.9 Å². The number of hydrogen-bond donors (Lipinski definition) is 0. The molecule has 1 saturated carbocycles. The summed E-state index contributed by atoms with van der Waals surface area (Å²) < 4.78 is 17.8. The zero-order valence-electron chi connectivity index (χ0n) is 11.5. The van der Waals surface area contributed by atoms with E-state index < -0.39 is 0 Å². The fraction of sp³-hybridized carbons (Fsp3) is 0.600. The summed E-state index contributed by atoms with van der Waals surface area (Å²) >= 11 is 3.48. The van der Waals surface area contributed by atoms with E-state index in [2.05, 4.69) is 22.0 Å². The summed E-state index contributed by atoms with van der Waals surface area (Å²) in [7, 11) is 3.47. The fourth-order valence-corrected chi connectivity index (χ4v) is 2.94. The van der Waals surface area contributed by atoms with Gasteiger partial charge in [-0.05, 0) is 43.9 Å². The van der Waals surface area contributed by atoms with Gasteiger partial charge in [0.25, 0.3) is 0 Å². The third kappa shape index (κ3) is 4.20. The molecule has 1 aliphatic carbocycles. The molecule has 1 fully saturated rings. The molecule has 1 aromatic rings. The Morgan fingerprint density at radius 2 is 2.00 bits per heavy atom. The average Bonchev–Trinajstić information content (AvgIpc) is 2.45. The van der Waals surface area contributed by atoms with Gasteiger partial charge in [0, 0.05) is 17.1 Å². The van der Waals surface area contributed by atoms with Crippen molar-refractivity contribution in [3.05, 3.63) is 28.2 Å². The van der Waals surface area contributed by atoms with Crippen molar-refractivity contribution in [1.29, 1.82) is 0 Å². The Balaban J connectivity index is 1.92. The van der Waals surface area contributed by atoms with Crippen LogP contribution in [0.3, 0.4) is 0 Å². The molecule has 0 radical (unpaired) electrons. The van der Waals surface area contributed by atoms with E-state index in [1.54, 1.807) is 14.2 Å². The van der Waals surface area contributed by atoms with E-state index in [0.29, 0.717) is 18.8 Å². The summed E-state index contributed by atoms with van der Waals surface area (Å²) in [6, 6.07) is 5.99. The van der Waals surface area contributed by atoms with Gasteiger partial charge in [-0.1, -0.05) is 15.9 Å². The van der Waals surface area contributed by atoms with Gasteiger partial charge < -0.3 is 14.2 Å². The number of methoxy groups -OCH3 is 2. The molecular weight excluding hydrogens is 308 g/mol. The highest BCUT2D eigenvalue weighted by Gasteiger charge is 2.22. The molecule has 0 aliphatic heterocycles. The molecule has 2 unspecified atom stereocenters. The second-order valence-corrected chi connectivity index (χ2v) is 5.83. The molecule has 0 saturated heterocycles. The minimum Gasteiger partial charge on any atom is -0.496 e. The number of ether oxygens (including phenoxy) is 3. The predicted molar refractivity (Wildman–Crippen MR) is 78.5 cm³/mol. The minimum atomic E-state index is 0.294. The summed E-state index contributed by atoms with van der Waals surface area (Å²) in [4.78, 5) is 0. The lowest BCUT2D eigenvalue weighted by atomic mass is 9.95. The normalized spacial score (nSPS) is 23.3. The van der Waals surface area contributed by atoms with Crippen LogP contribution in [0, 0.1) is 0 Å². The van der Waals surface area contributed by atoms with E-state index in [9.17, 15) is 0 Å². The van der Waals surface area contributed by atoms with Crippen LogP contribution in [0.4, 0.5) is 0 Å². The maximum Gasteiger partial charge on any atom is 0.124 e. The fourth-order valence-electron chi connectivity index (χ4n) is 2.54. The zero-order valence-corrected chi connectivity index (χ0v) is 13.1. The molecule has 2 rings (SSSR count). The van der Waals surface area contributed by atoms with E-state index in [-0.39, 0.29) is 0 Å². The lowest BCUT2D eigenvalue weighted by Gasteiger charge is -2.28. The summed E-state index contributed by atoms with van der Waals surface area (Å²) in [5, 5.41) is 0. The lowest BCUT2D eigenvalue weighted by Crippen LogP contribution is -2.27. The van der Waals surface area contributed by atoms with Crippen molar-refractivity contribution >= 4 is 15.9 Å². The first-order chi connectivity index (χ1) is 9.22. The monoisotopic (exact) mass is 328 g/mol. The standard InChI is InChI=1S/C15H21BrO3/c1-17-13-4-3-5-14(9-13)19-10-11-8-12(16)6-7-15(11)18-2/h6-8,13-14H,3-5,9-10H2,1-2H3. The lowest BCUT2D eigenvalue weighted by molar-refractivity contribution is -0.0367. The predicted octanol–water partition coefficient (Wildman–Crippen LogP) is 3.93. The van der Waals surface area contributed by atoms with Crippen LogP contribution < -0.4 is 4.74 Å². The van der Waals surface area contributed by atoms with Crippen LogP contribution in [0.5, 0.6) is 5.75 Å². The summed E-state index contributed by atoms with van der Waals surface area (Å²) in [5.41, 5.74) is 1.08. The molecule has 0 aromatic heterocycles. The largest absolute Gasteiger partial charge is 0.496 e. The Bertz CT molecular complexity index is 408. The Morgan fingerprint density at radius 1 is 1.21 bits per heavy atom. The molecule has 1 aliphatic rings. The third-order valence-electron chi connectivity index (χ3n) is 3.63. The van der Waals surface area contributed by atoms with E-state index in [1.807, 2.05) is 12.1 Å². The van der Waals surface area contributed by atoms with Crippen molar-refractivity contribution in [3.63, 3.8) is 0 Å². The molecular formula is C15H21BrO3. The number of halogens is 1. The van der Waals surface area contributed by atoms with Crippen LogP contribution in [0.25, 0.3) is 0 Å². The molecule has 0 N–H and O–H groups in total. The van der Waals surface area contributed by atoms with Gasteiger partial charge in [0.1, 0.15) is 5.75 Å². The second kappa shape index (κ2) is 7.27. The smallest absolute Gasteiger partial charge is 0.124 e. The van der Waals surface area contributed by atoms with Crippen LogP contribution in [0.1, 0.15) is 31.2 Å². The highest BCUT2D eigenvalue weighted by molar-refractivity contribution is 9.10. The van der Waals surface area contributed by atoms with Gasteiger partial charge in [0.2, 0.25) is 0 Å². The topological polar surface area (TPSA) is 27.7 Å². The Labute approximate surface area is 123 Å². The van der Waals surface area contributed by atoms with Gasteiger partial charge in [-0.2, -0.15) is 0 Å². The minimum absolute atomic E-state index is 0.294. The van der Waals surface area contributed by atoms with Gasteiger partial charge in [-0.3, -0.25) is 0 Å². The Morgan fingerprint density at radius 3 is 2.74 bits per heavy atom. The summed E-state index contributed by atoms with van der Waals surface area (Å²) in [5.74, 6) is 0.877. The maximum absolute atomic E-state index is 6.02. The second-order valence-electron chi connectivity index (χ2n) is 4.91. The van der Waals surface area contributed by atoms with Crippen LogP contribution in [0.2, 0.25) is 0 Å². The first-order valence-corrected chi connectivity index (χ1v) is 7.49. The molecule has 0 heterocycles. The van der Waals surface area contributed by atoms with Gasteiger partial charge >= 0.3 is 0 Å². The molecule has 106 valence electrons. The van der Waals surface area contributed by atoms with Gasteiger partial charge in [0.05, 0.1) is 25.9 Å². The molecule has 0 amide bonds. The summed E-state index contributed by atoms with van der Waals surface area (Å²) in [6.07, 6.45) is 5.09. The SMILES string of the molecule is COc1ccc(Br)cc1COC1CCCC(OC)C1. The third-order valence-corrected chi connectivity index (χ3v) is 4.12. The van der Waals surface area contributed by atoms with Crippen molar-refractivity contribution in [1.82, 2.24) is 0 Å². The number of rotatable bonds is 5. The highest BCUT2D eigenvalue weighted by Crippen LogP contribution is 2.27. The van der Waals surface area contributed by atoms with Gasteiger partial charge in [-0.15, -0.1) is 0 Å². The average molecular weight is 329 g/mol. The van der Waals surface area contributed by atoms with Crippen LogP contribution in [-0.2, 0) is 16.1 Å².